The molecule has 0 fully saturated rings. The second-order valence-corrected chi connectivity index (χ2v) is 7.22. The first-order valence-corrected chi connectivity index (χ1v) is 9.32. The van der Waals surface area contributed by atoms with Crippen molar-refractivity contribution in [2.24, 2.45) is 5.73 Å². The normalized spacial score (nSPS) is 10.6. The Morgan fingerprint density at radius 3 is 1.35 bits per heavy atom. The zero-order valence-electron chi connectivity index (χ0n) is 16.6. The summed E-state index contributed by atoms with van der Waals surface area (Å²) in [5.74, 6) is -2.50. The van der Waals surface area contributed by atoms with Crippen molar-refractivity contribution in [3.05, 3.63) is 0 Å². The molecule has 11 nitrogen and oxygen atoms in total. The third-order valence-electron chi connectivity index (χ3n) is 2.11. The number of carboxylic acid groups (broad SMARTS) is 3. The molecule has 0 rings (SSSR count). The topological polar surface area (TPSA) is 178 Å². The summed E-state index contributed by atoms with van der Waals surface area (Å²) in [5, 5.41) is 22.2. The molecule has 0 saturated heterocycles. The monoisotopic (exact) mass is 402 g/mol. The Morgan fingerprint density at radius 1 is 0.923 bits per heavy atom. The highest BCUT2D eigenvalue weighted by atomic mass is 28.4. The summed E-state index contributed by atoms with van der Waals surface area (Å²) in [6.07, 6.45) is 2.05. The summed E-state index contributed by atoms with van der Waals surface area (Å²) < 4.78 is 15.7. The minimum atomic E-state index is -2.67. The van der Waals surface area contributed by atoms with Crippen molar-refractivity contribution in [1.82, 2.24) is 4.98 Å². The van der Waals surface area contributed by atoms with Crippen LogP contribution in [0.3, 0.4) is 0 Å². The minimum absolute atomic E-state index is 0.187. The number of carboxylic acids is 3. The molecule has 0 aromatic heterocycles. The molecule has 26 heavy (non-hydrogen) atoms. The summed E-state index contributed by atoms with van der Waals surface area (Å²) in [6.45, 7) is 5.92. The van der Waals surface area contributed by atoms with E-state index in [0.717, 1.165) is 33.6 Å². The Kier molecular flexibility index (Phi) is 26.5. The van der Waals surface area contributed by atoms with Crippen molar-refractivity contribution in [1.29, 1.82) is 0 Å². The van der Waals surface area contributed by atoms with Gasteiger partial charge in [-0.2, -0.15) is 0 Å². The smallest absolute Gasteiger partial charge is 0.481 e. The Labute approximate surface area is 155 Å². The molecule has 0 amide bonds. The number of hydrogen-bond acceptors (Lipinski definition) is 8. The van der Waals surface area contributed by atoms with Gasteiger partial charge in [-0.15, -0.1) is 0 Å². The predicted octanol–water partition coefficient (Wildman–Crippen LogP) is 0.351. The van der Waals surface area contributed by atoms with Gasteiger partial charge >= 0.3 is 8.97 Å². The van der Waals surface area contributed by atoms with Crippen molar-refractivity contribution < 1.29 is 43.0 Å². The molecule has 0 radical (unpaired) electrons. The molecule has 6 N–H and O–H groups in total. The molecule has 0 spiro atoms. The maximum atomic E-state index is 9.00. The van der Waals surface area contributed by atoms with Gasteiger partial charge in [0.15, 0.2) is 0 Å². The van der Waals surface area contributed by atoms with E-state index in [1.807, 2.05) is 0 Å². The third-order valence-corrected chi connectivity index (χ3v) is 4.48. The van der Waals surface area contributed by atoms with E-state index in [0.29, 0.717) is 6.54 Å². The largest absolute Gasteiger partial charge is 0.596 e. The van der Waals surface area contributed by atoms with Gasteiger partial charge in [-0.3, -0.25) is 19.4 Å². The molecular weight excluding hydrogens is 368 g/mol. The van der Waals surface area contributed by atoms with Crippen molar-refractivity contribution in [2.75, 3.05) is 27.9 Å². The quantitative estimate of drug-likeness (QED) is 0.354. The van der Waals surface area contributed by atoms with E-state index in [1.165, 1.54) is 0 Å². The van der Waals surface area contributed by atoms with E-state index in [2.05, 4.69) is 11.9 Å². The number of nitrogens with one attached hydrogen (secondary N) is 1. The van der Waals surface area contributed by atoms with E-state index >= 15 is 0 Å². The number of hydrogen-bond donors (Lipinski definition) is 5. The van der Waals surface area contributed by atoms with Crippen LogP contribution in [0.2, 0.25) is 0 Å². The van der Waals surface area contributed by atoms with Gasteiger partial charge in [-0.25, -0.2) is 0 Å². The molecule has 1 atom stereocenters. The highest BCUT2D eigenvalue weighted by Crippen LogP contribution is 2.05. The van der Waals surface area contributed by atoms with Gasteiger partial charge in [-0.1, -0.05) is 13.3 Å². The van der Waals surface area contributed by atoms with Crippen LogP contribution in [0.25, 0.3) is 0 Å². The molecule has 0 saturated carbocycles. The molecule has 0 aromatic rings. The summed E-state index contributed by atoms with van der Waals surface area (Å²) in [5.41, 5.74) is 5.62. The van der Waals surface area contributed by atoms with Crippen LogP contribution >= 0.6 is 0 Å². The van der Waals surface area contributed by atoms with Gasteiger partial charge in [0.1, 0.15) is 0 Å². The Morgan fingerprint density at radius 2 is 1.19 bits per heavy atom. The molecular formula is C14H34N2O9Si. The van der Waals surface area contributed by atoms with Crippen LogP contribution in [-0.2, 0) is 27.7 Å². The fraction of sp³-hybridized carbons (Fsp3) is 0.786. The maximum absolute atomic E-state index is 9.00. The van der Waals surface area contributed by atoms with Crippen molar-refractivity contribution in [3.63, 3.8) is 0 Å². The molecule has 0 heterocycles. The lowest BCUT2D eigenvalue weighted by atomic mass is 10.2. The van der Waals surface area contributed by atoms with Crippen LogP contribution in [-0.4, -0.2) is 76.1 Å². The van der Waals surface area contributed by atoms with E-state index in [-0.39, 0.29) is 6.04 Å². The Hall–Kier alpha value is -1.57. The van der Waals surface area contributed by atoms with Crippen LogP contribution in [0.15, 0.2) is 0 Å². The van der Waals surface area contributed by atoms with Crippen LogP contribution in [0.5, 0.6) is 0 Å². The molecule has 0 aliphatic rings. The number of aliphatic carboxylic acids is 3. The molecule has 0 bridgehead atoms. The van der Waals surface area contributed by atoms with Gasteiger partial charge in [-0.05, 0) is 6.42 Å². The van der Waals surface area contributed by atoms with Crippen LogP contribution in [0, 0.1) is 0 Å². The SMILES string of the molecule is CC(=O)O.CC(=O)O.CC(=O)O.CCCC(CN)N[Si](OC)(OC)OC. The lowest BCUT2D eigenvalue weighted by Gasteiger charge is -2.28. The first-order chi connectivity index (χ1) is 11.9. The lowest BCUT2D eigenvalue weighted by Crippen LogP contribution is -2.62. The zero-order chi connectivity index (χ0) is 21.8. The Bertz CT molecular complexity index is 318. The lowest BCUT2D eigenvalue weighted by molar-refractivity contribution is -0.135. The van der Waals surface area contributed by atoms with Crippen LogP contribution in [0.4, 0.5) is 0 Å². The van der Waals surface area contributed by atoms with Gasteiger partial charge in [0.2, 0.25) is 0 Å². The highest BCUT2D eigenvalue weighted by molar-refractivity contribution is 6.57. The molecule has 0 aromatic carbocycles. The van der Waals surface area contributed by atoms with Crippen molar-refractivity contribution in [3.8, 4) is 0 Å². The van der Waals surface area contributed by atoms with Crippen LogP contribution < -0.4 is 10.7 Å². The standard InChI is InChI=1S/C8H22N2O3Si.3C2H4O2/c1-5-6-8(7-9)10-14(11-2,12-3)13-4;3*1-2(3)4/h8,10H,5-7,9H2,1-4H3;3*1H3,(H,3,4). The molecule has 0 aliphatic carbocycles. The van der Waals surface area contributed by atoms with E-state index in [1.54, 1.807) is 21.3 Å². The van der Waals surface area contributed by atoms with E-state index < -0.39 is 26.9 Å². The highest BCUT2D eigenvalue weighted by Gasteiger charge is 2.40. The number of rotatable bonds is 8. The average Bonchev–Trinajstić information content (AvgIpc) is 2.50. The van der Waals surface area contributed by atoms with Gasteiger partial charge in [0, 0.05) is 54.7 Å². The van der Waals surface area contributed by atoms with Crippen molar-refractivity contribution >= 4 is 26.9 Å². The van der Waals surface area contributed by atoms with Crippen LogP contribution in [0.1, 0.15) is 40.5 Å². The second kappa shape index (κ2) is 21.5. The zero-order valence-corrected chi connectivity index (χ0v) is 17.6. The van der Waals surface area contributed by atoms with Gasteiger partial charge < -0.3 is 34.3 Å². The van der Waals surface area contributed by atoms with Gasteiger partial charge in [0.05, 0.1) is 0 Å². The summed E-state index contributed by atoms with van der Waals surface area (Å²) in [6, 6.07) is 0.187. The molecule has 158 valence electrons. The minimum Gasteiger partial charge on any atom is -0.481 e. The summed E-state index contributed by atoms with van der Waals surface area (Å²) in [7, 11) is 2.06. The fourth-order valence-electron chi connectivity index (χ4n) is 1.27. The van der Waals surface area contributed by atoms with Gasteiger partial charge in [0.25, 0.3) is 17.9 Å². The Balaban J connectivity index is -0.000000164. The predicted molar refractivity (Wildman–Crippen MR) is 97.6 cm³/mol. The third kappa shape index (κ3) is 33.9. The maximum Gasteiger partial charge on any atom is 0.596 e. The number of nitrogens with two attached hydrogens (primary N) is 1. The first kappa shape index (κ1) is 32.1. The molecule has 0 aliphatic heterocycles. The number of carbonyl (C=O) groups is 3. The molecule has 12 heteroatoms. The fourth-order valence-corrected chi connectivity index (χ4v) is 2.89. The second-order valence-electron chi connectivity index (χ2n) is 4.59. The first-order valence-electron chi connectivity index (χ1n) is 7.59. The summed E-state index contributed by atoms with van der Waals surface area (Å²) >= 11 is 0. The van der Waals surface area contributed by atoms with E-state index in [4.69, 9.17) is 48.7 Å². The van der Waals surface area contributed by atoms with Crippen molar-refractivity contribution in [2.45, 2.75) is 46.6 Å². The molecule has 1 unspecified atom stereocenters. The summed E-state index contributed by atoms with van der Waals surface area (Å²) in [4.78, 5) is 30.2. The van der Waals surface area contributed by atoms with E-state index in [9.17, 15) is 0 Å². The average molecular weight is 403 g/mol.